The number of hydrogen-bond donors (Lipinski definition) is 2. The summed E-state index contributed by atoms with van der Waals surface area (Å²) in [6, 6.07) is 2.90. The van der Waals surface area contributed by atoms with Crippen LogP contribution >= 0.6 is 0 Å². The topological polar surface area (TPSA) is 61.8 Å². The Labute approximate surface area is 134 Å². The highest BCUT2D eigenvalue weighted by molar-refractivity contribution is 5.75. The van der Waals surface area contributed by atoms with E-state index >= 15 is 0 Å². The molecule has 0 bridgehead atoms. The van der Waals surface area contributed by atoms with Crippen LogP contribution < -0.4 is 5.32 Å². The number of carbonyl (C=O) groups excluding carboxylic acids is 1. The number of amides is 2. The summed E-state index contributed by atoms with van der Waals surface area (Å²) in [7, 11) is 1.57. The lowest BCUT2D eigenvalue weighted by Gasteiger charge is -2.33. The van der Waals surface area contributed by atoms with Gasteiger partial charge in [-0.05, 0) is 37.1 Å². The van der Waals surface area contributed by atoms with Crippen molar-refractivity contribution < 1.29 is 23.4 Å². The highest BCUT2D eigenvalue weighted by Crippen LogP contribution is 2.30. The smallest absolute Gasteiger partial charge is 0.318 e. The maximum atomic E-state index is 13.5. The first-order valence-electron chi connectivity index (χ1n) is 7.52. The second-order valence-electron chi connectivity index (χ2n) is 6.05. The van der Waals surface area contributed by atoms with Crippen molar-refractivity contribution in [3.8, 4) is 0 Å². The highest BCUT2D eigenvalue weighted by Gasteiger charge is 2.44. The molecule has 1 heterocycles. The molecule has 2 amide bonds. The Hall–Kier alpha value is -1.73. The molecular formula is C16H22F2N2O3. The number of benzene rings is 1. The molecule has 7 heteroatoms. The number of urea groups is 1. The first-order chi connectivity index (χ1) is 10.9. The fourth-order valence-electron chi connectivity index (χ4n) is 2.86. The molecule has 0 radical (unpaired) electrons. The van der Waals surface area contributed by atoms with E-state index < -0.39 is 17.2 Å². The highest BCUT2D eigenvalue weighted by atomic mass is 19.1. The van der Waals surface area contributed by atoms with E-state index in [0.29, 0.717) is 13.0 Å². The lowest BCUT2D eigenvalue weighted by atomic mass is 10.00. The van der Waals surface area contributed by atoms with Gasteiger partial charge >= 0.3 is 6.03 Å². The summed E-state index contributed by atoms with van der Waals surface area (Å²) < 4.78 is 31.9. The van der Waals surface area contributed by atoms with Crippen LogP contribution in [0.3, 0.4) is 0 Å². The maximum absolute atomic E-state index is 13.5. The third-order valence-electron chi connectivity index (χ3n) is 4.30. The first kappa shape index (κ1) is 17.6. The molecule has 0 spiro atoms. The standard InChI is InChI=1S/C16H22F2N2O3/c1-16(10-21)8-13(23-2)9-20(16)15(22)19-6-5-11-7-12(17)3-4-14(11)18/h3-4,7,13,21H,5-6,8-10H2,1-2H3,(H,19,22). The van der Waals surface area contributed by atoms with Crippen molar-refractivity contribution in [2.24, 2.45) is 0 Å². The van der Waals surface area contributed by atoms with Gasteiger partial charge in [0.05, 0.1) is 18.2 Å². The molecule has 0 aromatic heterocycles. The summed E-state index contributed by atoms with van der Waals surface area (Å²) in [5, 5.41) is 12.2. The Morgan fingerprint density at radius 2 is 2.26 bits per heavy atom. The van der Waals surface area contributed by atoms with E-state index in [0.717, 1.165) is 18.2 Å². The number of ether oxygens (including phenoxy) is 1. The molecular weight excluding hydrogens is 306 g/mol. The SMILES string of the molecule is COC1CN(C(=O)NCCc2cc(F)ccc2F)C(C)(CO)C1. The predicted octanol–water partition coefficient (Wildman–Crippen LogP) is 1.69. The Bertz CT molecular complexity index is 570. The van der Waals surface area contributed by atoms with Gasteiger partial charge in [0.1, 0.15) is 11.6 Å². The zero-order chi connectivity index (χ0) is 17.0. The molecule has 23 heavy (non-hydrogen) atoms. The lowest BCUT2D eigenvalue weighted by molar-refractivity contribution is 0.0951. The number of aliphatic hydroxyl groups is 1. The van der Waals surface area contributed by atoms with Crippen LogP contribution in [0, 0.1) is 11.6 Å². The molecule has 1 fully saturated rings. The van der Waals surface area contributed by atoms with E-state index in [-0.39, 0.29) is 37.3 Å². The van der Waals surface area contributed by atoms with Crippen molar-refractivity contribution in [3.05, 3.63) is 35.4 Å². The largest absolute Gasteiger partial charge is 0.394 e. The third-order valence-corrected chi connectivity index (χ3v) is 4.30. The second kappa shape index (κ2) is 7.23. The van der Waals surface area contributed by atoms with Crippen LogP contribution in [0.4, 0.5) is 13.6 Å². The lowest BCUT2D eigenvalue weighted by Crippen LogP contribution is -2.52. The summed E-state index contributed by atoms with van der Waals surface area (Å²) in [5.74, 6) is -1.01. The predicted molar refractivity (Wildman–Crippen MR) is 81.1 cm³/mol. The van der Waals surface area contributed by atoms with Gasteiger partial charge in [-0.3, -0.25) is 0 Å². The Kier molecular flexibility index (Phi) is 5.54. The molecule has 1 aliphatic heterocycles. The van der Waals surface area contributed by atoms with Gasteiger partial charge in [0.2, 0.25) is 0 Å². The molecule has 5 nitrogen and oxygen atoms in total. The number of hydrogen-bond acceptors (Lipinski definition) is 3. The van der Waals surface area contributed by atoms with Gasteiger partial charge in [-0.15, -0.1) is 0 Å². The van der Waals surface area contributed by atoms with Crippen molar-refractivity contribution in [1.82, 2.24) is 10.2 Å². The molecule has 1 aromatic carbocycles. The van der Waals surface area contributed by atoms with E-state index in [4.69, 9.17) is 4.74 Å². The van der Waals surface area contributed by atoms with Crippen molar-refractivity contribution in [1.29, 1.82) is 0 Å². The van der Waals surface area contributed by atoms with Crippen LogP contribution in [0.1, 0.15) is 18.9 Å². The van der Waals surface area contributed by atoms with Gasteiger partial charge in [0, 0.05) is 26.6 Å². The van der Waals surface area contributed by atoms with Gasteiger partial charge in [-0.25, -0.2) is 13.6 Å². The van der Waals surface area contributed by atoms with Gasteiger partial charge in [-0.2, -0.15) is 0 Å². The van der Waals surface area contributed by atoms with Crippen molar-refractivity contribution >= 4 is 6.03 Å². The molecule has 1 saturated heterocycles. The van der Waals surface area contributed by atoms with Crippen LogP contribution in [-0.4, -0.2) is 54.5 Å². The van der Waals surface area contributed by atoms with Crippen molar-refractivity contribution in [3.63, 3.8) is 0 Å². The number of likely N-dealkylation sites (tertiary alicyclic amines) is 1. The fraction of sp³-hybridized carbons (Fsp3) is 0.562. The molecule has 1 aromatic rings. The van der Waals surface area contributed by atoms with E-state index in [1.807, 2.05) is 0 Å². The number of halogens is 2. The average Bonchev–Trinajstić information content (AvgIpc) is 2.88. The third kappa shape index (κ3) is 3.97. The van der Waals surface area contributed by atoms with Crippen LogP contribution in [0.15, 0.2) is 18.2 Å². The quantitative estimate of drug-likeness (QED) is 0.865. The van der Waals surface area contributed by atoms with Crippen LogP contribution in [0.2, 0.25) is 0 Å². The van der Waals surface area contributed by atoms with Gasteiger partial charge < -0.3 is 20.1 Å². The van der Waals surface area contributed by atoms with Crippen LogP contribution in [0.25, 0.3) is 0 Å². The second-order valence-corrected chi connectivity index (χ2v) is 6.05. The summed E-state index contributed by atoms with van der Waals surface area (Å²) in [5.41, 5.74) is -0.471. The number of nitrogens with zero attached hydrogens (tertiary/aromatic N) is 1. The Morgan fingerprint density at radius 1 is 1.52 bits per heavy atom. The normalized spacial score (nSPS) is 24.0. The van der Waals surface area contributed by atoms with Crippen LogP contribution in [-0.2, 0) is 11.2 Å². The summed E-state index contributed by atoms with van der Waals surface area (Å²) in [4.78, 5) is 13.8. The van der Waals surface area contributed by atoms with E-state index in [2.05, 4.69) is 5.32 Å². The summed E-state index contributed by atoms with van der Waals surface area (Å²) in [6.45, 7) is 2.18. The fourth-order valence-corrected chi connectivity index (χ4v) is 2.86. The number of nitrogens with one attached hydrogen (secondary N) is 1. The summed E-state index contributed by atoms with van der Waals surface area (Å²) >= 11 is 0. The molecule has 0 saturated carbocycles. The molecule has 2 unspecified atom stereocenters. The monoisotopic (exact) mass is 328 g/mol. The van der Waals surface area contributed by atoms with Crippen molar-refractivity contribution in [2.75, 3.05) is 26.8 Å². The molecule has 2 N–H and O–H groups in total. The zero-order valence-corrected chi connectivity index (χ0v) is 13.3. The summed E-state index contributed by atoms with van der Waals surface area (Å²) in [6.07, 6.45) is 0.608. The maximum Gasteiger partial charge on any atom is 0.318 e. The Balaban J connectivity index is 1.93. The minimum absolute atomic E-state index is 0.126. The van der Waals surface area contributed by atoms with Gasteiger partial charge in [0.25, 0.3) is 0 Å². The van der Waals surface area contributed by atoms with E-state index in [1.54, 1.807) is 14.0 Å². The number of carbonyl (C=O) groups is 1. The van der Waals surface area contributed by atoms with E-state index in [1.165, 1.54) is 4.90 Å². The van der Waals surface area contributed by atoms with Gasteiger partial charge in [0.15, 0.2) is 0 Å². The zero-order valence-electron chi connectivity index (χ0n) is 13.3. The minimum Gasteiger partial charge on any atom is -0.394 e. The van der Waals surface area contributed by atoms with Gasteiger partial charge in [-0.1, -0.05) is 0 Å². The number of aliphatic hydroxyl groups excluding tert-OH is 1. The van der Waals surface area contributed by atoms with Crippen molar-refractivity contribution in [2.45, 2.75) is 31.4 Å². The molecule has 128 valence electrons. The number of methoxy groups -OCH3 is 1. The molecule has 0 aliphatic carbocycles. The Morgan fingerprint density at radius 3 is 2.91 bits per heavy atom. The average molecular weight is 328 g/mol. The molecule has 2 atom stereocenters. The molecule has 1 aliphatic rings. The first-order valence-corrected chi connectivity index (χ1v) is 7.52. The van der Waals surface area contributed by atoms with E-state index in [9.17, 15) is 18.7 Å². The van der Waals surface area contributed by atoms with Crippen LogP contribution in [0.5, 0.6) is 0 Å². The molecule has 2 rings (SSSR count). The number of rotatable bonds is 5. The minimum atomic E-state index is -0.686.